The number of furan rings is 1. The standard InChI is InChI=1S/C13H12Cl2N2O2/c1-7(16)11-4-5-12(19-11)13(18)17-10-3-2-8(14)6-9(10)15/h2-7H,16H2,1H3,(H,17,18). The van der Waals surface area contributed by atoms with Crippen molar-refractivity contribution in [2.45, 2.75) is 13.0 Å². The highest BCUT2D eigenvalue weighted by Crippen LogP contribution is 2.26. The molecule has 1 heterocycles. The number of amides is 1. The lowest BCUT2D eigenvalue weighted by atomic mass is 10.3. The van der Waals surface area contributed by atoms with Crippen LogP contribution in [0.1, 0.15) is 29.3 Å². The maximum Gasteiger partial charge on any atom is 0.291 e. The van der Waals surface area contributed by atoms with Gasteiger partial charge >= 0.3 is 0 Å². The van der Waals surface area contributed by atoms with E-state index in [0.717, 1.165) is 0 Å². The molecule has 0 fully saturated rings. The summed E-state index contributed by atoms with van der Waals surface area (Å²) in [7, 11) is 0. The molecular formula is C13H12Cl2N2O2. The molecule has 3 N–H and O–H groups in total. The van der Waals surface area contributed by atoms with Crippen LogP contribution >= 0.6 is 23.2 Å². The Hall–Kier alpha value is -1.49. The molecule has 1 atom stereocenters. The van der Waals surface area contributed by atoms with Crippen LogP contribution in [0, 0.1) is 0 Å². The highest BCUT2D eigenvalue weighted by Gasteiger charge is 2.14. The molecule has 19 heavy (non-hydrogen) atoms. The Morgan fingerprint density at radius 3 is 2.63 bits per heavy atom. The van der Waals surface area contributed by atoms with Gasteiger partial charge in [0.15, 0.2) is 5.76 Å². The number of carbonyl (C=O) groups excluding carboxylic acids is 1. The molecule has 100 valence electrons. The Morgan fingerprint density at radius 2 is 2.05 bits per heavy atom. The van der Waals surface area contributed by atoms with E-state index in [-0.39, 0.29) is 11.8 Å². The van der Waals surface area contributed by atoms with E-state index in [1.165, 1.54) is 0 Å². The summed E-state index contributed by atoms with van der Waals surface area (Å²) in [5.74, 6) is 0.335. The zero-order valence-corrected chi connectivity index (χ0v) is 11.6. The Bertz CT molecular complexity index is 608. The maximum atomic E-state index is 11.9. The lowest BCUT2D eigenvalue weighted by Gasteiger charge is -2.06. The number of nitrogens with one attached hydrogen (secondary N) is 1. The van der Waals surface area contributed by atoms with E-state index >= 15 is 0 Å². The van der Waals surface area contributed by atoms with Gasteiger partial charge in [-0.25, -0.2) is 0 Å². The van der Waals surface area contributed by atoms with Gasteiger partial charge in [-0.15, -0.1) is 0 Å². The van der Waals surface area contributed by atoms with E-state index in [2.05, 4.69) is 5.32 Å². The average molecular weight is 299 g/mol. The zero-order valence-electron chi connectivity index (χ0n) is 10.1. The van der Waals surface area contributed by atoms with Gasteiger partial charge in [-0.1, -0.05) is 23.2 Å². The third-order valence-corrected chi connectivity index (χ3v) is 3.03. The summed E-state index contributed by atoms with van der Waals surface area (Å²) in [6, 6.07) is 7.78. The predicted octanol–water partition coefficient (Wildman–Crippen LogP) is 3.86. The SMILES string of the molecule is CC(N)c1ccc(C(=O)Nc2ccc(Cl)cc2Cl)o1. The van der Waals surface area contributed by atoms with E-state index in [9.17, 15) is 4.79 Å². The zero-order chi connectivity index (χ0) is 14.0. The molecule has 0 spiro atoms. The van der Waals surface area contributed by atoms with Crippen LogP contribution < -0.4 is 11.1 Å². The van der Waals surface area contributed by atoms with Gasteiger partial charge in [0.25, 0.3) is 5.91 Å². The van der Waals surface area contributed by atoms with Crippen LogP contribution in [-0.2, 0) is 0 Å². The highest BCUT2D eigenvalue weighted by molar-refractivity contribution is 6.36. The molecule has 0 aliphatic heterocycles. The number of hydrogen-bond acceptors (Lipinski definition) is 3. The van der Waals surface area contributed by atoms with E-state index < -0.39 is 5.91 Å². The van der Waals surface area contributed by atoms with Crippen LogP contribution in [0.5, 0.6) is 0 Å². The van der Waals surface area contributed by atoms with E-state index in [1.807, 2.05) is 0 Å². The molecule has 1 unspecified atom stereocenters. The quantitative estimate of drug-likeness (QED) is 0.904. The number of halogens is 2. The van der Waals surface area contributed by atoms with Gasteiger partial charge in [0.05, 0.1) is 16.8 Å². The molecule has 4 nitrogen and oxygen atoms in total. The average Bonchev–Trinajstić information content (AvgIpc) is 2.82. The molecule has 1 amide bonds. The smallest absolute Gasteiger partial charge is 0.291 e. The first-order valence-corrected chi connectivity index (χ1v) is 6.34. The van der Waals surface area contributed by atoms with Gasteiger partial charge in [0.2, 0.25) is 0 Å². The van der Waals surface area contributed by atoms with Crippen LogP contribution in [0.15, 0.2) is 34.7 Å². The monoisotopic (exact) mass is 298 g/mol. The second-order valence-corrected chi connectivity index (χ2v) is 4.91. The molecule has 0 aliphatic carbocycles. The number of hydrogen-bond donors (Lipinski definition) is 2. The van der Waals surface area contributed by atoms with Gasteiger partial charge < -0.3 is 15.5 Å². The lowest BCUT2D eigenvalue weighted by Crippen LogP contribution is -2.11. The van der Waals surface area contributed by atoms with Crippen LogP contribution in [0.4, 0.5) is 5.69 Å². The molecular weight excluding hydrogens is 287 g/mol. The number of benzene rings is 1. The second kappa shape index (κ2) is 5.65. The van der Waals surface area contributed by atoms with Gasteiger partial charge in [0, 0.05) is 5.02 Å². The first kappa shape index (κ1) is 13.9. The van der Waals surface area contributed by atoms with Gasteiger partial charge in [0.1, 0.15) is 5.76 Å². The minimum Gasteiger partial charge on any atom is -0.454 e. The van der Waals surface area contributed by atoms with Crippen molar-refractivity contribution in [2.75, 3.05) is 5.32 Å². The van der Waals surface area contributed by atoms with E-state index in [1.54, 1.807) is 37.3 Å². The summed E-state index contributed by atoms with van der Waals surface area (Å²) < 4.78 is 5.34. The van der Waals surface area contributed by atoms with Gasteiger partial charge in [-0.2, -0.15) is 0 Å². The number of nitrogens with two attached hydrogens (primary N) is 1. The Morgan fingerprint density at radius 1 is 1.32 bits per heavy atom. The first-order valence-electron chi connectivity index (χ1n) is 5.59. The normalized spacial score (nSPS) is 12.2. The highest BCUT2D eigenvalue weighted by atomic mass is 35.5. The minimum absolute atomic E-state index is 0.179. The molecule has 6 heteroatoms. The molecule has 0 bridgehead atoms. The van der Waals surface area contributed by atoms with E-state index in [4.69, 9.17) is 33.4 Å². The van der Waals surface area contributed by atoms with Crippen LogP contribution in [0.25, 0.3) is 0 Å². The minimum atomic E-state index is -0.392. The van der Waals surface area contributed by atoms with Gasteiger partial charge in [-0.3, -0.25) is 4.79 Å². The fourth-order valence-corrected chi connectivity index (χ4v) is 1.95. The van der Waals surface area contributed by atoms with Crippen LogP contribution in [0.3, 0.4) is 0 Å². The van der Waals surface area contributed by atoms with Crippen molar-refractivity contribution in [1.82, 2.24) is 0 Å². The van der Waals surface area contributed by atoms with E-state index in [0.29, 0.717) is 21.5 Å². The molecule has 1 aromatic carbocycles. The summed E-state index contributed by atoms with van der Waals surface area (Å²) >= 11 is 11.7. The van der Waals surface area contributed by atoms with Crippen molar-refractivity contribution in [2.24, 2.45) is 5.73 Å². The van der Waals surface area contributed by atoms with Crippen molar-refractivity contribution in [1.29, 1.82) is 0 Å². The lowest BCUT2D eigenvalue weighted by molar-refractivity contribution is 0.0994. The molecule has 2 rings (SSSR count). The van der Waals surface area contributed by atoms with Crippen LogP contribution in [0.2, 0.25) is 10.0 Å². The summed E-state index contributed by atoms with van der Waals surface area (Å²) in [6.07, 6.45) is 0. The largest absolute Gasteiger partial charge is 0.454 e. The van der Waals surface area contributed by atoms with Crippen molar-refractivity contribution in [3.8, 4) is 0 Å². The molecule has 0 saturated heterocycles. The third kappa shape index (κ3) is 3.29. The number of rotatable bonds is 3. The molecule has 0 radical (unpaired) electrons. The number of carbonyl (C=O) groups is 1. The molecule has 2 aromatic rings. The second-order valence-electron chi connectivity index (χ2n) is 4.07. The van der Waals surface area contributed by atoms with Gasteiger partial charge in [-0.05, 0) is 37.3 Å². The number of anilines is 1. The first-order chi connectivity index (χ1) is 8.97. The molecule has 0 saturated carbocycles. The maximum absolute atomic E-state index is 11.9. The van der Waals surface area contributed by atoms with Crippen molar-refractivity contribution in [3.05, 3.63) is 51.9 Å². The molecule has 0 aliphatic rings. The van der Waals surface area contributed by atoms with Crippen molar-refractivity contribution in [3.63, 3.8) is 0 Å². The van der Waals surface area contributed by atoms with Crippen molar-refractivity contribution < 1.29 is 9.21 Å². The Balaban J connectivity index is 2.16. The predicted molar refractivity (Wildman–Crippen MR) is 75.7 cm³/mol. The third-order valence-electron chi connectivity index (χ3n) is 2.48. The topological polar surface area (TPSA) is 68.3 Å². The Labute approximate surface area is 120 Å². The summed E-state index contributed by atoms with van der Waals surface area (Å²) in [6.45, 7) is 1.77. The Kier molecular flexibility index (Phi) is 4.14. The molecule has 1 aromatic heterocycles. The summed E-state index contributed by atoms with van der Waals surface area (Å²) in [5, 5.41) is 3.50. The fourth-order valence-electron chi connectivity index (χ4n) is 1.49. The van der Waals surface area contributed by atoms with Crippen LogP contribution in [-0.4, -0.2) is 5.91 Å². The summed E-state index contributed by atoms with van der Waals surface area (Å²) in [5.41, 5.74) is 6.13. The van der Waals surface area contributed by atoms with Crippen molar-refractivity contribution >= 4 is 34.8 Å². The fraction of sp³-hybridized carbons (Fsp3) is 0.154. The summed E-state index contributed by atoms with van der Waals surface area (Å²) in [4.78, 5) is 11.9.